The second-order valence-electron chi connectivity index (χ2n) is 7.47. The highest BCUT2D eigenvalue weighted by Gasteiger charge is 2.33. The molecule has 0 amide bonds. The first-order valence-corrected chi connectivity index (χ1v) is 9.79. The van der Waals surface area contributed by atoms with Crippen LogP contribution in [0.25, 0.3) is 0 Å². The molecular weight excluding hydrogens is 500 g/mol. The molecule has 7 nitrogen and oxygen atoms in total. The van der Waals surface area contributed by atoms with E-state index < -0.39 is 12.7 Å². The molecule has 1 N–H and O–H groups in total. The summed E-state index contributed by atoms with van der Waals surface area (Å²) < 4.78 is 43.2. The van der Waals surface area contributed by atoms with Crippen LogP contribution in [-0.4, -0.2) is 78.4 Å². The standard InChI is InChI=1S/C18H31F3N6O.HI/c1-5-26(12-18(19,20)21)10-14-7-9-27(11-14)17(22-4)23-8-6-15-24-16(13(2)3)25-28-15;/h13-14H,5-12H2,1-4H3,(H,22,23);1H. The summed E-state index contributed by atoms with van der Waals surface area (Å²) in [4.78, 5) is 12.2. The van der Waals surface area contributed by atoms with Crippen molar-refractivity contribution in [3.63, 3.8) is 0 Å². The van der Waals surface area contributed by atoms with Crippen molar-refractivity contribution in [2.75, 3.05) is 46.3 Å². The summed E-state index contributed by atoms with van der Waals surface area (Å²) >= 11 is 0. The summed E-state index contributed by atoms with van der Waals surface area (Å²) in [6, 6.07) is 0. The molecule has 2 heterocycles. The molecular formula is C18H32F3IN6O. The molecule has 0 aromatic carbocycles. The van der Waals surface area contributed by atoms with Gasteiger partial charge >= 0.3 is 6.18 Å². The Morgan fingerprint density at radius 1 is 1.41 bits per heavy atom. The number of alkyl halides is 3. The summed E-state index contributed by atoms with van der Waals surface area (Å²) in [5.74, 6) is 2.45. The molecule has 11 heteroatoms. The minimum Gasteiger partial charge on any atom is -0.356 e. The molecule has 0 radical (unpaired) electrons. The zero-order valence-corrected chi connectivity index (χ0v) is 19.8. The SMILES string of the molecule is CCN(CC1CCN(C(=NC)NCCc2nc(C(C)C)no2)C1)CC(F)(F)F.I. The molecule has 29 heavy (non-hydrogen) atoms. The van der Waals surface area contributed by atoms with Gasteiger partial charge in [0.25, 0.3) is 0 Å². The molecule has 1 fully saturated rings. The average Bonchev–Trinajstić information content (AvgIpc) is 3.26. The van der Waals surface area contributed by atoms with E-state index in [1.165, 1.54) is 4.90 Å². The number of nitrogens with zero attached hydrogens (tertiary/aromatic N) is 5. The summed E-state index contributed by atoms with van der Waals surface area (Å²) in [6.07, 6.45) is -2.71. The van der Waals surface area contributed by atoms with Crippen LogP contribution in [0.3, 0.4) is 0 Å². The lowest BCUT2D eigenvalue weighted by Gasteiger charge is -2.26. The van der Waals surface area contributed by atoms with Crippen LogP contribution in [-0.2, 0) is 6.42 Å². The Morgan fingerprint density at radius 2 is 2.14 bits per heavy atom. The summed E-state index contributed by atoms with van der Waals surface area (Å²) in [7, 11) is 1.71. The van der Waals surface area contributed by atoms with E-state index in [4.69, 9.17) is 4.52 Å². The largest absolute Gasteiger partial charge is 0.401 e. The highest BCUT2D eigenvalue weighted by atomic mass is 127. The van der Waals surface area contributed by atoms with Crippen LogP contribution in [0.2, 0.25) is 0 Å². The van der Waals surface area contributed by atoms with Crippen LogP contribution in [0.5, 0.6) is 0 Å². The van der Waals surface area contributed by atoms with Gasteiger partial charge in [-0.15, -0.1) is 24.0 Å². The van der Waals surface area contributed by atoms with Crippen molar-refractivity contribution in [2.45, 2.75) is 45.7 Å². The van der Waals surface area contributed by atoms with Crippen LogP contribution in [0.4, 0.5) is 13.2 Å². The predicted molar refractivity (Wildman–Crippen MR) is 117 cm³/mol. The van der Waals surface area contributed by atoms with Gasteiger partial charge in [-0.2, -0.15) is 18.2 Å². The minimum absolute atomic E-state index is 0. The normalized spacial score (nSPS) is 17.9. The monoisotopic (exact) mass is 532 g/mol. The Labute approximate surface area is 187 Å². The van der Waals surface area contributed by atoms with Crippen molar-refractivity contribution in [3.05, 3.63) is 11.7 Å². The van der Waals surface area contributed by atoms with Gasteiger partial charge in [0.15, 0.2) is 11.8 Å². The zero-order valence-electron chi connectivity index (χ0n) is 17.5. The highest BCUT2D eigenvalue weighted by Crippen LogP contribution is 2.21. The van der Waals surface area contributed by atoms with E-state index in [2.05, 4.69) is 25.3 Å². The predicted octanol–water partition coefficient (Wildman–Crippen LogP) is 3.14. The van der Waals surface area contributed by atoms with Crippen molar-refractivity contribution in [3.8, 4) is 0 Å². The van der Waals surface area contributed by atoms with Crippen LogP contribution < -0.4 is 5.32 Å². The highest BCUT2D eigenvalue weighted by molar-refractivity contribution is 14.0. The Kier molecular flexibility index (Phi) is 10.7. The number of halogens is 4. The van der Waals surface area contributed by atoms with E-state index in [0.29, 0.717) is 44.3 Å². The molecule has 1 unspecified atom stereocenters. The first kappa shape index (κ1) is 25.9. The first-order chi connectivity index (χ1) is 13.2. The molecule has 1 aliphatic heterocycles. The first-order valence-electron chi connectivity index (χ1n) is 9.79. The van der Waals surface area contributed by atoms with Gasteiger partial charge < -0.3 is 14.7 Å². The van der Waals surface area contributed by atoms with Crippen molar-refractivity contribution in [1.29, 1.82) is 0 Å². The molecule has 0 bridgehead atoms. The number of likely N-dealkylation sites (tertiary alicyclic amines) is 1. The number of aliphatic imine (C=N–C) groups is 1. The molecule has 1 atom stereocenters. The van der Waals surface area contributed by atoms with E-state index >= 15 is 0 Å². The summed E-state index contributed by atoms with van der Waals surface area (Å²) in [5.41, 5.74) is 0. The van der Waals surface area contributed by atoms with Gasteiger partial charge in [0.05, 0.1) is 6.54 Å². The Morgan fingerprint density at radius 3 is 2.69 bits per heavy atom. The van der Waals surface area contributed by atoms with Gasteiger partial charge in [-0.05, 0) is 18.9 Å². The van der Waals surface area contributed by atoms with Crippen molar-refractivity contribution in [2.24, 2.45) is 10.9 Å². The number of rotatable bonds is 8. The molecule has 2 rings (SSSR count). The van der Waals surface area contributed by atoms with Crippen LogP contribution >= 0.6 is 24.0 Å². The molecule has 0 aliphatic carbocycles. The molecule has 168 valence electrons. The van der Waals surface area contributed by atoms with Gasteiger partial charge in [-0.3, -0.25) is 9.89 Å². The fourth-order valence-electron chi connectivity index (χ4n) is 3.32. The second-order valence-corrected chi connectivity index (χ2v) is 7.47. The maximum atomic E-state index is 12.7. The van der Waals surface area contributed by atoms with Crippen LogP contribution in [0.1, 0.15) is 44.8 Å². The van der Waals surface area contributed by atoms with E-state index in [9.17, 15) is 13.2 Å². The Hall–Kier alpha value is -1.11. The van der Waals surface area contributed by atoms with E-state index in [0.717, 1.165) is 18.9 Å². The molecule has 1 saturated heterocycles. The van der Waals surface area contributed by atoms with E-state index in [1.54, 1.807) is 14.0 Å². The third kappa shape index (κ3) is 8.65. The van der Waals surface area contributed by atoms with Crippen molar-refractivity contribution < 1.29 is 17.7 Å². The second kappa shape index (κ2) is 11.9. The summed E-state index contributed by atoms with van der Waals surface area (Å²) in [5, 5.41) is 7.22. The fraction of sp³-hybridized carbons (Fsp3) is 0.833. The van der Waals surface area contributed by atoms with Crippen LogP contribution in [0, 0.1) is 5.92 Å². The van der Waals surface area contributed by atoms with Gasteiger partial charge in [0.2, 0.25) is 5.89 Å². The molecule has 1 aliphatic rings. The lowest BCUT2D eigenvalue weighted by molar-refractivity contribution is -0.146. The topological polar surface area (TPSA) is 69.8 Å². The maximum Gasteiger partial charge on any atom is 0.401 e. The quantitative estimate of drug-likeness (QED) is 0.315. The molecule has 1 aromatic rings. The number of hydrogen-bond donors (Lipinski definition) is 1. The average molecular weight is 532 g/mol. The molecule has 0 spiro atoms. The van der Waals surface area contributed by atoms with Crippen LogP contribution in [0.15, 0.2) is 9.52 Å². The lowest BCUT2D eigenvalue weighted by Crippen LogP contribution is -2.42. The summed E-state index contributed by atoms with van der Waals surface area (Å²) in [6.45, 7) is 7.85. The Balaban J connectivity index is 0.00000420. The zero-order chi connectivity index (χ0) is 20.7. The number of guanidine groups is 1. The van der Waals surface area contributed by atoms with Crippen molar-refractivity contribution in [1.82, 2.24) is 25.3 Å². The van der Waals surface area contributed by atoms with Gasteiger partial charge in [-0.25, -0.2) is 0 Å². The smallest absolute Gasteiger partial charge is 0.356 e. The fourth-order valence-corrected chi connectivity index (χ4v) is 3.32. The van der Waals surface area contributed by atoms with Gasteiger partial charge in [0.1, 0.15) is 0 Å². The molecule has 0 saturated carbocycles. The van der Waals surface area contributed by atoms with E-state index in [-0.39, 0.29) is 35.8 Å². The number of nitrogens with one attached hydrogen (secondary N) is 1. The third-order valence-electron chi connectivity index (χ3n) is 4.79. The maximum absolute atomic E-state index is 12.7. The lowest BCUT2D eigenvalue weighted by atomic mass is 10.1. The number of hydrogen-bond acceptors (Lipinski definition) is 5. The third-order valence-corrected chi connectivity index (χ3v) is 4.79. The minimum atomic E-state index is -4.16. The Bertz CT molecular complexity index is 637. The van der Waals surface area contributed by atoms with Gasteiger partial charge in [0, 0.05) is 45.6 Å². The van der Waals surface area contributed by atoms with Crippen molar-refractivity contribution >= 4 is 29.9 Å². The molecule has 1 aromatic heterocycles. The van der Waals surface area contributed by atoms with E-state index in [1.807, 2.05) is 13.8 Å². The number of aromatic nitrogens is 2. The van der Waals surface area contributed by atoms with Gasteiger partial charge in [-0.1, -0.05) is 25.9 Å².